The van der Waals surface area contributed by atoms with Gasteiger partial charge in [0.1, 0.15) is 0 Å². The van der Waals surface area contributed by atoms with Gasteiger partial charge in [0.15, 0.2) is 4.96 Å². The van der Waals surface area contributed by atoms with Crippen LogP contribution in [0.25, 0.3) is 4.96 Å². The van der Waals surface area contributed by atoms with Crippen molar-refractivity contribution in [2.45, 2.75) is 13.5 Å². The maximum absolute atomic E-state index is 12.0. The average molecular weight is 281 g/mol. The molecular weight excluding hydrogens is 266 g/mol. The summed E-state index contributed by atoms with van der Waals surface area (Å²) in [4.78, 5) is 20.8. The summed E-state index contributed by atoms with van der Waals surface area (Å²) in [6.45, 7) is 4.98. The molecule has 0 aliphatic carbocycles. The third kappa shape index (κ3) is 2.46. The number of thioether (sulfide) groups is 1. The van der Waals surface area contributed by atoms with Gasteiger partial charge in [0.2, 0.25) is 0 Å². The number of fused-ring (bicyclic) bond motifs is 1. The maximum atomic E-state index is 12.0. The number of nitrogens with zero attached hydrogens (tertiary/aromatic N) is 3. The van der Waals surface area contributed by atoms with Crippen LogP contribution in [0.4, 0.5) is 0 Å². The van der Waals surface area contributed by atoms with Crippen LogP contribution in [0.3, 0.4) is 0 Å². The van der Waals surface area contributed by atoms with Crippen molar-refractivity contribution < 1.29 is 0 Å². The lowest BCUT2D eigenvalue weighted by atomic mass is 10.3. The highest BCUT2D eigenvalue weighted by Crippen LogP contribution is 2.15. The van der Waals surface area contributed by atoms with Gasteiger partial charge in [-0.1, -0.05) is 0 Å². The van der Waals surface area contributed by atoms with Gasteiger partial charge in [-0.05, 0) is 6.92 Å². The van der Waals surface area contributed by atoms with Crippen molar-refractivity contribution in [3.05, 3.63) is 33.2 Å². The molecule has 2 aromatic heterocycles. The summed E-state index contributed by atoms with van der Waals surface area (Å²) in [6, 6.07) is 1.67. The summed E-state index contributed by atoms with van der Waals surface area (Å²) >= 11 is 3.56. The van der Waals surface area contributed by atoms with Crippen LogP contribution in [0.15, 0.2) is 17.1 Å². The lowest BCUT2D eigenvalue weighted by Crippen LogP contribution is -2.32. The molecule has 1 saturated heterocycles. The van der Waals surface area contributed by atoms with Gasteiger partial charge in [0.25, 0.3) is 5.56 Å². The first-order chi connectivity index (χ1) is 8.72. The Labute approximate surface area is 114 Å². The van der Waals surface area contributed by atoms with E-state index in [0.717, 1.165) is 35.2 Å². The third-order valence-electron chi connectivity index (χ3n) is 3.03. The fourth-order valence-electron chi connectivity index (χ4n) is 2.13. The van der Waals surface area contributed by atoms with E-state index in [2.05, 4.69) is 9.88 Å². The molecule has 3 heterocycles. The lowest BCUT2D eigenvalue weighted by molar-refractivity contribution is 0.291. The fourth-order valence-corrected chi connectivity index (χ4v) is 3.96. The van der Waals surface area contributed by atoms with Gasteiger partial charge >= 0.3 is 0 Å². The van der Waals surface area contributed by atoms with E-state index in [1.165, 1.54) is 11.5 Å². The van der Waals surface area contributed by atoms with Gasteiger partial charge in [0, 0.05) is 48.3 Å². The van der Waals surface area contributed by atoms with E-state index >= 15 is 0 Å². The quantitative estimate of drug-likeness (QED) is 0.838. The van der Waals surface area contributed by atoms with Gasteiger partial charge < -0.3 is 0 Å². The van der Waals surface area contributed by atoms with Crippen molar-refractivity contribution in [2.75, 3.05) is 24.6 Å². The minimum atomic E-state index is 0.0331. The molecule has 0 bridgehead atoms. The van der Waals surface area contributed by atoms with E-state index in [1.54, 1.807) is 21.8 Å². The molecule has 18 heavy (non-hydrogen) atoms. The summed E-state index contributed by atoms with van der Waals surface area (Å²) in [5, 5.41) is 0. The maximum Gasteiger partial charge on any atom is 0.258 e. The molecule has 1 fully saturated rings. The topological polar surface area (TPSA) is 37.6 Å². The molecule has 3 rings (SSSR count). The van der Waals surface area contributed by atoms with Crippen LogP contribution >= 0.6 is 23.1 Å². The van der Waals surface area contributed by atoms with Crippen LogP contribution in [0.2, 0.25) is 0 Å². The number of aryl methyl sites for hydroxylation is 1. The van der Waals surface area contributed by atoms with Gasteiger partial charge in [-0.2, -0.15) is 11.8 Å². The molecule has 4 nitrogen and oxygen atoms in total. The monoisotopic (exact) mass is 281 g/mol. The minimum Gasteiger partial charge on any atom is -0.296 e. The molecule has 0 radical (unpaired) electrons. The largest absolute Gasteiger partial charge is 0.296 e. The molecule has 1 aliphatic heterocycles. The molecule has 0 saturated carbocycles. The zero-order chi connectivity index (χ0) is 12.5. The van der Waals surface area contributed by atoms with Crippen LogP contribution in [-0.4, -0.2) is 38.9 Å². The molecule has 2 aromatic rings. The molecule has 6 heteroatoms. The Kier molecular flexibility index (Phi) is 3.41. The van der Waals surface area contributed by atoms with Crippen LogP contribution in [0.5, 0.6) is 0 Å². The predicted molar refractivity (Wildman–Crippen MR) is 76.7 cm³/mol. The van der Waals surface area contributed by atoms with Crippen molar-refractivity contribution >= 4 is 28.1 Å². The van der Waals surface area contributed by atoms with Gasteiger partial charge in [0.05, 0.1) is 5.69 Å². The summed E-state index contributed by atoms with van der Waals surface area (Å²) < 4.78 is 1.63. The van der Waals surface area contributed by atoms with E-state index in [9.17, 15) is 4.79 Å². The number of rotatable bonds is 2. The van der Waals surface area contributed by atoms with Crippen LogP contribution < -0.4 is 5.56 Å². The highest BCUT2D eigenvalue weighted by Gasteiger charge is 2.13. The van der Waals surface area contributed by atoms with Gasteiger partial charge in [-0.3, -0.25) is 14.1 Å². The standard InChI is InChI=1S/C12H15N3OS2/c1-9-7-15-11(16)6-10(13-12(15)18-9)8-14-2-4-17-5-3-14/h6-7H,2-5,8H2,1H3. The van der Waals surface area contributed by atoms with E-state index in [1.807, 2.05) is 24.9 Å². The molecule has 0 amide bonds. The van der Waals surface area contributed by atoms with E-state index in [-0.39, 0.29) is 5.56 Å². The second kappa shape index (κ2) is 5.03. The fraction of sp³-hybridized carbons (Fsp3) is 0.500. The highest BCUT2D eigenvalue weighted by atomic mass is 32.2. The smallest absolute Gasteiger partial charge is 0.258 e. The number of hydrogen-bond donors (Lipinski definition) is 0. The molecule has 96 valence electrons. The van der Waals surface area contributed by atoms with Crippen LogP contribution in [-0.2, 0) is 6.54 Å². The van der Waals surface area contributed by atoms with Crippen LogP contribution in [0.1, 0.15) is 10.6 Å². The number of hydrogen-bond acceptors (Lipinski definition) is 5. The van der Waals surface area contributed by atoms with E-state index in [4.69, 9.17) is 0 Å². The predicted octanol–water partition coefficient (Wildman–Crippen LogP) is 1.61. The molecular formula is C12H15N3OS2. The number of aromatic nitrogens is 2. The minimum absolute atomic E-state index is 0.0331. The summed E-state index contributed by atoms with van der Waals surface area (Å²) in [7, 11) is 0. The second-order valence-corrected chi connectivity index (χ2v) is 6.91. The summed E-state index contributed by atoms with van der Waals surface area (Å²) in [5.41, 5.74) is 0.930. The summed E-state index contributed by atoms with van der Waals surface area (Å²) in [6.07, 6.45) is 1.86. The zero-order valence-electron chi connectivity index (χ0n) is 10.3. The number of thiazole rings is 1. The summed E-state index contributed by atoms with van der Waals surface area (Å²) in [5.74, 6) is 2.36. The first kappa shape index (κ1) is 12.2. The Hall–Kier alpha value is -0.850. The van der Waals surface area contributed by atoms with Crippen molar-refractivity contribution in [1.82, 2.24) is 14.3 Å². The van der Waals surface area contributed by atoms with Crippen molar-refractivity contribution in [2.24, 2.45) is 0 Å². The Balaban J connectivity index is 1.89. The van der Waals surface area contributed by atoms with E-state index in [0.29, 0.717) is 0 Å². The Morgan fingerprint density at radius 3 is 2.94 bits per heavy atom. The first-order valence-electron chi connectivity index (χ1n) is 6.01. The Bertz CT molecular complexity index is 613. The molecule has 0 atom stereocenters. The normalized spacial score (nSPS) is 17.4. The van der Waals surface area contributed by atoms with Crippen molar-refractivity contribution in [3.63, 3.8) is 0 Å². The zero-order valence-corrected chi connectivity index (χ0v) is 11.9. The van der Waals surface area contributed by atoms with Crippen LogP contribution in [0, 0.1) is 6.92 Å². The highest BCUT2D eigenvalue weighted by molar-refractivity contribution is 7.99. The molecule has 0 N–H and O–H groups in total. The molecule has 0 aromatic carbocycles. The third-order valence-corrected chi connectivity index (χ3v) is 4.87. The Morgan fingerprint density at radius 2 is 2.17 bits per heavy atom. The van der Waals surface area contributed by atoms with E-state index < -0.39 is 0 Å². The first-order valence-corrected chi connectivity index (χ1v) is 7.98. The average Bonchev–Trinajstić information content (AvgIpc) is 2.72. The van der Waals surface area contributed by atoms with Gasteiger partial charge in [-0.25, -0.2) is 4.98 Å². The molecule has 0 spiro atoms. The van der Waals surface area contributed by atoms with Gasteiger partial charge in [-0.15, -0.1) is 11.3 Å². The Morgan fingerprint density at radius 1 is 1.39 bits per heavy atom. The molecule has 1 aliphatic rings. The van der Waals surface area contributed by atoms with Crippen molar-refractivity contribution in [3.8, 4) is 0 Å². The SMILES string of the molecule is Cc1cn2c(=O)cc(CN3CCSCC3)nc2s1. The lowest BCUT2D eigenvalue weighted by Gasteiger charge is -2.25. The van der Waals surface area contributed by atoms with Crippen molar-refractivity contribution in [1.29, 1.82) is 0 Å². The second-order valence-electron chi connectivity index (χ2n) is 4.47. The molecule has 0 unspecified atom stereocenters.